The Morgan fingerprint density at radius 2 is 2.37 bits per heavy atom. The predicted molar refractivity (Wildman–Crippen MR) is 109 cm³/mol. The predicted octanol–water partition coefficient (Wildman–Crippen LogP) is 3.59. The number of thiazole rings is 1. The van der Waals surface area contributed by atoms with Gasteiger partial charge < -0.3 is 10.1 Å². The standard InChI is InChI=1S/C17H22ClFN4O2S2/c1-25-7-6-23-5-2-3-12(23)11-21-15-10-14(19)16(9-13(15)18)27(24)22-17-20-4-8-26-17/h4,8-10,12,21H,2-3,5-7,11H2,1H3,(H,20,22). The van der Waals surface area contributed by atoms with E-state index in [0.29, 0.717) is 35.0 Å². The number of methoxy groups -OCH3 is 1. The molecule has 0 bridgehead atoms. The third-order valence-corrected chi connectivity index (χ3v) is 6.66. The summed E-state index contributed by atoms with van der Waals surface area (Å²) in [6.07, 6.45) is 3.80. The van der Waals surface area contributed by atoms with Gasteiger partial charge in [-0.1, -0.05) is 11.6 Å². The van der Waals surface area contributed by atoms with Crippen LogP contribution in [0.15, 0.2) is 28.6 Å². The largest absolute Gasteiger partial charge is 0.383 e. The Balaban J connectivity index is 1.63. The van der Waals surface area contributed by atoms with Gasteiger partial charge in [0, 0.05) is 37.8 Å². The van der Waals surface area contributed by atoms with Crippen LogP contribution in [0.3, 0.4) is 0 Å². The average molecular weight is 433 g/mol. The number of likely N-dealkylation sites (tertiary alicyclic amines) is 1. The lowest BCUT2D eigenvalue weighted by Gasteiger charge is -2.25. The maximum absolute atomic E-state index is 14.5. The van der Waals surface area contributed by atoms with Crippen molar-refractivity contribution >= 4 is 44.7 Å². The number of halogens is 2. The lowest BCUT2D eigenvalue weighted by Crippen LogP contribution is -2.37. The van der Waals surface area contributed by atoms with Gasteiger partial charge in [0.15, 0.2) is 16.1 Å². The molecule has 1 fully saturated rings. The quantitative estimate of drug-likeness (QED) is 0.633. The van der Waals surface area contributed by atoms with Crippen LogP contribution in [0.25, 0.3) is 0 Å². The van der Waals surface area contributed by atoms with Gasteiger partial charge in [-0.3, -0.25) is 9.62 Å². The molecule has 10 heteroatoms. The van der Waals surface area contributed by atoms with Crippen LogP contribution in [0, 0.1) is 5.82 Å². The van der Waals surface area contributed by atoms with E-state index in [2.05, 4.69) is 19.9 Å². The van der Waals surface area contributed by atoms with E-state index in [9.17, 15) is 8.60 Å². The summed E-state index contributed by atoms with van der Waals surface area (Å²) < 4.78 is 34.6. The zero-order chi connectivity index (χ0) is 19.2. The third-order valence-electron chi connectivity index (χ3n) is 4.44. The molecular formula is C17H22ClFN4O2S2. The van der Waals surface area contributed by atoms with Crippen molar-refractivity contribution in [3.05, 3.63) is 34.5 Å². The monoisotopic (exact) mass is 432 g/mol. The summed E-state index contributed by atoms with van der Waals surface area (Å²) in [5.74, 6) is -0.577. The van der Waals surface area contributed by atoms with Crippen molar-refractivity contribution in [2.24, 2.45) is 0 Å². The van der Waals surface area contributed by atoms with Gasteiger partial charge in [0.05, 0.1) is 22.2 Å². The summed E-state index contributed by atoms with van der Waals surface area (Å²) in [5, 5.41) is 5.77. The highest BCUT2D eigenvalue weighted by molar-refractivity contribution is 7.86. The van der Waals surface area contributed by atoms with E-state index in [0.717, 1.165) is 25.9 Å². The number of aromatic nitrogens is 1. The highest BCUT2D eigenvalue weighted by Crippen LogP contribution is 2.29. The van der Waals surface area contributed by atoms with Crippen LogP contribution in [0.1, 0.15) is 12.8 Å². The zero-order valence-electron chi connectivity index (χ0n) is 14.9. The lowest BCUT2D eigenvalue weighted by molar-refractivity contribution is 0.143. The Morgan fingerprint density at radius 3 is 3.11 bits per heavy atom. The van der Waals surface area contributed by atoms with E-state index < -0.39 is 16.8 Å². The van der Waals surface area contributed by atoms with Crippen LogP contribution in [0.5, 0.6) is 0 Å². The molecule has 2 heterocycles. The van der Waals surface area contributed by atoms with E-state index in [1.165, 1.54) is 23.5 Å². The van der Waals surface area contributed by atoms with Crippen LogP contribution in [0.4, 0.5) is 15.2 Å². The number of anilines is 2. The van der Waals surface area contributed by atoms with Crippen molar-refractivity contribution < 1.29 is 13.3 Å². The highest BCUT2D eigenvalue weighted by atomic mass is 35.5. The molecule has 0 aliphatic carbocycles. The van der Waals surface area contributed by atoms with E-state index in [1.54, 1.807) is 18.7 Å². The molecule has 0 radical (unpaired) electrons. The maximum atomic E-state index is 14.5. The molecule has 3 rings (SSSR count). The molecular weight excluding hydrogens is 411 g/mol. The first kappa shape index (κ1) is 20.5. The number of hydrogen-bond acceptors (Lipinski definition) is 6. The lowest BCUT2D eigenvalue weighted by atomic mass is 10.2. The van der Waals surface area contributed by atoms with Gasteiger partial charge in [-0.15, -0.1) is 11.3 Å². The van der Waals surface area contributed by atoms with Gasteiger partial charge in [0.25, 0.3) is 0 Å². The van der Waals surface area contributed by atoms with E-state index >= 15 is 0 Å². The Hall–Kier alpha value is -1.26. The van der Waals surface area contributed by atoms with Crippen LogP contribution in [-0.4, -0.2) is 53.5 Å². The second kappa shape index (κ2) is 9.79. The fraction of sp³-hybridized carbons (Fsp3) is 0.471. The van der Waals surface area contributed by atoms with E-state index in [1.807, 2.05) is 0 Å². The molecule has 0 amide bonds. The van der Waals surface area contributed by atoms with Gasteiger partial charge in [-0.2, -0.15) is 0 Å². The second-order valence-corrected chi connectivity index (χ2v) is 8.66. The summed E-state index contributed by atoms with van der Waals surface area (Å²) >= 11 is 7.59. The first-order valence-electron chi connectivity index (χ1n) is 8.62. The van der Waals surface area contributed by atoms with Crippen molar-refractivity contribution in [2.45, 2.75) is 23.8 Å². The number of rotatable bonds is 9. The Kier molecular flexibility index (Phi) is 7.42. The van der Waals surface area contributed by atoms with Gasteiger partial charge in [0.2, 0.25) is 0 Å². The van der Waals surface area contributed by atoms with Crippen molar-refractivity contribution in [1.82, 2.24) is 9.88 Å². The van der Waals surface area contributed by atoms with Crippen molar-refractivity contribution in [3.8, 4) is 0 Å². The third kappa shape index (κ3) is 5.39. The van der Waals surface area contributed by atoms with Crippen LogP contribution < -0.4 is 10.0 Å². The molecule has 1 saturated heterocycles. The molecule has 2 aromatic rings. The summed E-state index contributed by atoms with van der Waals surface area (Å²) in [5.41, 5.74) is 0.503. The number of hydrogen-bond donors (Lipinski definition) is 2. The molecule has 1 aliphatic rings. The fourth-order valence-corrected chi connectivity index (χ4v) is 4.94. The normalized spacial score (nSPS) is 18.6. The summed E-state index contributed by atoms with van der Waals surface area (Å²) in [6.45, 7) is 3.28. The molecule has 1 aromatic heterocycles. The molecule has 6 nitrogen and oxygen atoms in total. The Labute approximate surface area is 169 Å². The molecule has 148 valence electrons. The second-order valence-electron chi connectivity index (χ2n) is 6.18. The van der Waals surface area contributed by atoms with Crippen LogP contribution >= 0.6 is 22.9 Å². The summed E-state index contributed by atoms with van der Waals surface area (Å²) in [4.78, 5) is 6.35. The van der Waals surface area contributed by atoms with Crippen molar-refractivity contribution in [2.75, 3.05) is 43.4 Å². The van der Waals surface area contributed by atoms with Gasteiger partial charge in [-0.05, 0) is 31.5 Å². The smallest absolute Gasteiger partial charge is 0.194 e. The summed E-state index contributed by atoms with van der Waals surface area (Å²) in [6, 6.07) is 3.06. The molecule has 2 unspecified atom stereocenters. The molecule has 1 aliphatic heterocycles. The first-order chi connectivity index (χ1) is 13.1. The Bertz CT molecular complexity index is 779. The van der Waals surface area contributed by atoms with Gasteiger partial charge in [-0.25, -0.2) is 13.6 Å². The van der Waals surface area contributed by atoms with E-state index in [-0.39, 0.29) is 4.90 Å². The molecule has 0 spiro atoms. The summed E-state index contributed by atoms with van der Waals surface area (Å²) in [7, 11) is -0.0746. The zero-order valence-corrected chi connectivity index (χ0v) is 17.3. The van der Waals surface area contributed by atoms with Crippen LogP contribution in [-0.2, 0) is 15.7 Å². The number of nitrogens with one attached hydrogen (secondary N) is 2. The Morgan fingerprint density at radius 1 is 1.52 bits per heavy atom. The van der Waals surface area contributed by atoms with Gasteiger partial charge >= 0.3 is 0 Å². The minimum atomic E-state index is -1.77. The first-order valence-corrected chi connectivity index (χ1v) is 11.0. The SMILES string of the molecule is COCCN1CCCC1CNc1cc(F)c(S(=O)Nc2nccs2)cc1Cl. The number of benzene rings is 1. The van der Waals surface area contributed by atoms with E-state index in [4.69, 9.17) is 16.3 Å². The minimum absolute atomic E-state index is 0.00309. The average Bonchev–Trinajstić information content (AvgIpc) is 3.32. The minimum Gasteiger partial charge on any atom is -0.383 e. The molecule has 2 N–H and O–H groups in total. The van der Waals surface area contributed by atoms with Crippen molar-refractivity contribution in [3.63, 3.8) is 0 Å². The number of ether oxygens (including phenoxy) is 1. The molecule has 2 atom stereocenters. The van der Waals surface area contributed by atoms with Crippen molar-refractivity contribution in [1.29, 1.82) is 0 Å². The number of nitrogens with zero attached hydrogens (tertiary/aromatic N) is 2. The molecule has 27 heavy (non-hydrogen) atoms. The topological polar surface area (TPSA) is 66.5 Å². The highest BCUT2D eigenvalue weighted by Gasteiger charge is 2.24. The maximum Gasteiger partial charge on any atom is 0.194 e. The fourth-order valence-electron chi connectivity index (χ4n) is 3.07. The molecule has 0 saturated carbocycles. The molecule has 1 aromatic carbocycles. The van der Waals surface area contributed by atoms with Gasteiger partial charge in [0.1, 0.15) is 5.82 Å². The van der Waals surface area contributed by atoms with Crippen LogP contribution in [0.2, 0.25) is 5.02 Å².